The molecule has 2 aliphatic rings. The lowest BCUT2D eigenvalue weighted by Crippen LogP contribution is -2.34. The van der Waals surface area contributed by atoms with Crippen molar-refractivity contribution in [2.24, 2.45) is 0 Å². The Hall–Kier alpha value is -1.26. The number of nitrogens with one attached hydrogen (secondary N) is 1. The predicted molar refractivity (Wildman–Crippen MR) is 80.6 cm³/mol. The van der Waals surface area contributed by atoms with E-state index in [0.29, 0.717) is 12.2 Å². The summed E-state index contributed by atoms with van der Waals surface area (Å²) in [5.74, 6) is 1.01. The van der Waals surface area contributed by atoms with E-state index in [1.807, 2.05) is 13.1 Å². The van der Waals surface area contributed by atoms with Gasteiger partial charge in [-0.05, 0) is 38.4 Å². The van der Waals surface area contributed by atoms with Gasteiger partial charge in [0.1, 0.15) is 5.75 Å². The van der Waals surface area contributed by atoms with E-state index < -0.39 is 0 Å². The minimum atomic E-state index is 0.347. The third kappa shape index (κ3) is 3.07. The van der Waals surface area contributed by atoms with Crippen molar-refractivity contribution in [1.29, 1.82) is 0 Å². The molecule has 0 radical (unpaired) electrons. The fourth-order valence-electron chi connectivity index (χ4n) is 3.13. The van der Waals surface area contributed by atoms with Crippen LogP contribution in [0.15, 0.2) is 24.3 Å². The Labute approximate surface area is 121 Å². The summed E-state index contributed by atoms with van der Waals surface area (Å²) in [6, 6.07) is 8.34. The molecule has 1 fully saturated rings. The summed E-state index contributed by atoms with van der Waals surface area (Å²) in [7, 11) is 1.99. The van der Waals surface area contributed by atoms with Crippen molar-refractivity contribution in [3.63, 3.8) is 0 Å². The molecular weight excluding hydrogens is 252 g/mol. The second-order valence-corrected chi connectivity index (χ2v) is 5.63. The normalized spacial score (nSPS) is 25.9. The molecule has 0 amide bonds. The molecule has 1 N–H and O–H groups in total. The SMILES string of the molecule is CNCC1CCC(CN2CCCOc3ccccc32)O1. The van der Waals surface area contributed by atoms with Gasteiger partial charge in [0.25, 0.3) is 0 Å². The topological polar surface area (TPSA) is 33.7 Å². The van der Waals surface area contributed by atoms with Crippen LogP contribution in [0.25, 0.3) is 0 Å². The summed E-state index contributed by atoms with van der Waals surface area (Å²) in [5.41, 5.74) is 1.21. The number of hydrogen-bond acceptors (Lipinski definition) is 4. The fraction of sp³-hybridized carbons (Fsp3) is 0.625. The molecular formula is C16H24N2O2. The van der Waals surface area contributed by atoms with Crippen LogP contribution in [0.4, 0.5) is 5.69 Å². The van der Waals surface area contributed by atoms with E-state index in [9.17, 15) is 0 Å². The van der Waals surface area contributed by atoms with Gasteiger partial charge in [0, 0.05) is 19.6 Å². The van der Waals surface area contributed by atoms with Crippen molar-refractivity contribution < 1.29 is 9.47 Å². The zero-order valence-corrected chi connectivity index (χ0v) is 12.2. The number of hydrogen-bond donors (Lipinski definition) is 1. The molecule has 2 aliphatic heterocycles. The second kappa shape index (κ2) is 6.46. The van der Waals surface area contributed by atoms with Crippen LogP contribution in [-0.2, 0) is 4.74 Å². The number of likely N-dealkylation sites (N-methyl/N-ethyl adjacent to an activating group) is 1. The summed E-state index contributed by atoms with van der Waals surface area (Å²) >= 11 is 0. The van der Waals surface area contributed by atoms with Gasteiger partial charge in [0.2, 0.25) is 0 Å². The molecule has 110 valence electrons. The lowest BCUT2D eigenvalue weighted by molar-refractivity contribution is 0.0505. The van der Waals surface area contributed by atoms with Gasteiger partial charge in [-0.25, -0.2) is 0 Å². The molecule has 1 aromatic rings. The van der Waals surface area contributed by atoms with E-state index in [1.54, 1.807) is 0 Å². The summed E-state index contributed by atoms with van der Waals surface area (Å²) in [5, 5.41) is 3.20. The molecule has 2 atom stereocenters. The van der Waals surface area contributed by atoms with Gasteiger partial charge in [-0.3, -0.25) is 0 Å². The quantitative estimate of drug-likeness (QED) is 0.912. The van der Waals surface area contributed by atoms with E-state index in [0.717, 1.165) is 51.3 Å². The van der Waals surface area contributed by atoms with Crippen LogP contribution < -0.4 is 15.0 Å². The van der Waals surface area contributed by atoms with Crippen molar-refractivity contribution in [2.45, 2.75) is 31.5 Å². The van der Waals surface area contributed by atoms with Crippen molar-refractivity contribution >= 4 is 5.69 Å². The molecule has 1 saturated heterocycles. The van der Waals surface area contributed by atoms with Crippen LogP contribution in [0, 0.1) is 0 Å². The first-order valence-electron chi connectivity index (χ1n) is 7.63. The number of anilines is 1. The Kier molecular flexibility index (Phi) is 4.43. The fourth-order valence-corrected chi connectivity index (χ4v) is 3.13. The maximum atomic E-state index is 6.12. The van der Waals surface area contributed by atoms with Crippen molar-refractivity contribution in [1.82, 2.24) is 5.32 Å². The number of para-hydroxylation sites is 2. The van der Waals surface area contributed by atoms with Crippen LogP contribution in [0.2, 0.25) is 0 Å². The average Bonchev–Trinajstić information content (AvgIpc) is 2.80. The third-order valence-corrected chi connectivity index (χ3v) is 4.09. The van der Waals surface area contributed by atoms with Gasteiger partial charge < -0.3 is 19.7 Å². The van der Waals surface area contributed by atoms with Crippen molar-refractivity contribution in [3.05, 3.63) is 24.3 Å². The average molecular weight is 276 g/mol. The summed E-state index contributed by atoms with van der Waals surface area (Å²) in [4.78, 5) is 2.43. The molecule has 4 heteroatoms. The van der Waals surface area contributed by atoms with Crippen molar-refractivity contribution in [2.75, 3.05) is 38.2 Å². The number of fused-ring (bicyclic) bond motifs is 1. The second-order valence-electron chi connectivity index (χ2n) is 5.63. The van der Waals surface area contributed by atoms with E-state index in [1.165, 1.54) is 5.69 Å². The molecule has 4 nitrogen and oxygen atoms in total. The van der Waals surface area contributed by atoms with Gasteiger partial charge in [0.15, 0.2) is 0 Å². The number of nitrogens with zero attached hydrogens (tertiary/aromatic N) is 1. The number of ether oxygens (including phenoxy) is 2. The molecule has 20 heavy (non-hydrogen) atoms. The van der Waals surface area contributed by atoms with Crippen LogP contribution in [0.3, 0.4) is 0 Å². The van der Waals surface area contributed by atoms with Gasteiger partial charge in [0.05, 0.1) is 24.5 Å². The van der Waals surface area contributed by atoms with Crippen LogP contribution >= 0.6 is 0 Å². The predicted octanol–water partition coefficient (Wildman–Crippen LogP) is 2.04. The Morgan fingerprint density at radius 1 is 1.25 bits per heavy atom. The van der Waals surface area contributed by atoms with Crippen LogP contribution in [0.5, 0.6) is 5.75 Å². The first-order valence-corrected chi connectivity index (χ1v) is 7.63. The Balaban J connectivity index is 1.65. The molecule has 2 heterocycles. The molecule has 0 saturated carbocycles. The smallest absolute Gasteiger partial charge is 0.142 e. The van der Waals surface area contributed by atoms with Crippen LogP contribution in [-0.4, -0.2) is 45.5 Å². The Morgan fingerprint density at radius 3 is 3.00 bits per heavy atom. The lowest BCUT2D eigenvalue weighted by Gasteiger charge is -2.27. The minimum Gasteiger partial charge on any atom is -0.491 e. The molecule has 3 rings (SSSR count). The monoisotopic (exact) mass is 276 g/mol. The number of rotatable bonds is 4. The largest absolute Gasteiger partial charge is 0.491 e. The highest BCUT2D eigenvalue weighted by molar-refractivity contribution is 5.59. The maximum Gasteiger partial charge on any atom is 0.142 e. The third-order valence-electron chi connectivity index (χ3n) is 4.09. The summed E-state index contributed by atoms with van der Waals surface area (Å²) in [6.07, 6.45) is 4.12. The summed E-state index contributed by atoms with van der Waals surface area (Å²) < 4.78 is 11.9. The maximum absolute atomic E-state index is 6.12. The zero-order valence-electron chi connectivity index (χ0n) is 12.2. The molecule has 0 spiro atoms. The molecule has 0 aromatic heterocycles. The van der Waals surface area contributed by atoms with Crippen molar-refractivity contribution in [3.8, 4) is 5.75 Å². The lowest BCUT2D eigenvalue weighted by atomic mass is 10.1. The van der Waals surface area contributed by atoms with E-state index in [-0.39, 0.29) is 0 Å². The Morgan fingerprint density at radius 2 is 2.10 bits per heavy atom. The Bertz CT molecular complexity index is 438. The van der Waals surface area contributed by atoms with Gasteiger partial charge in [-0.15, -0.1) is 0 Å². The zero-order chi connectivity index (χ0) is 13.8. The van der Waals surface area contributed by atoms with Gasteiger partial charge >= 0.3 is 0 Å². The van der Waals surface area contributed by atoms with E-state index >= 15 is 0 Å². The van der Waals surface area contributed by atoms with Gasteiger partial charge in [-0.2, -0.15) is 0 Å². The summed E-state index contributed by atoms with van der Waals surface area (Å²) in [6.45, 7) is 3.78. The van der Waals surface area contributed by atoms with Gasteiger partial charge in [-0.1, -0.05) is 12.1 Å². The molecule has 0 bridgehead atoms. The molecule has 1 aromatic carbocycles. The van der Waals surface area contributed by atoms with E-state index in [4.69, 9.17) is 9.47 Å². The minimum absolute atomic E-state index is 0.347. The molecule has 0 aliphatic carbocycles. The highest BCUT2D eigenvalue weighted by Crippen LogP contribution is 2.32. The van der Waals surface area contributed by atoms with E-state index in [2.05, 4.69) is 28.4 Å². The highest BCUT2D eigenvalue weighted by Gasteiger charge is 2.27. The standard InChI is InChI=1S/C16H24N2O2/c1-17-11-13-7-8-14(20-13)12-18-9-4-10-19-16-6-3-2-5-15(16)18/h2-3,5-6,13-14,17H,4,7-12H2,1H3. The first-order chi connectivity index (χ1) is 9.86. The number of benzene rings is 1. The van der Waals surface area contributed by atoms with Crippen LogP contribution in [0.1, 0.15) is 19.3 Å². The first kappa shape index (κ1) is 13.7. The molecule has 2 unspecified atom stereocenters. The highest BCUT2D eigenvalue weighted by atomic mass is 16.5.